The molecule has 20 heteroatoms. The first-order chi connectivity index (χ1) is 36.2. The maximum atomic E-state index is 17.1. The van der Waals surface area contributed by atoms with Gasteiger partial charge in [-0.25, -0.2) is 17.6 Å². The smallest absolute Gasteiger partial charge is 0.319 e. The summed E-state index contributed by atoms with van der Waals surface area (Å²) in [6, 6.07) is 8.23. The number of fused-ring (bicyclic) bond motifs is 5. The van der Waals surface area contributed by atoms with Gasteiger partial charge in [0.1, 0.15) is 46.9 Å². The van der Waals surface area contributed by atoms with Gasteiger partial charge in [0, 0.05) is 118 Å². The molecule has 2 aromatic heterocycles. The lowest BCUT2D eigenvalue weighted by atomic mass is 9.91. The number of terminal acetylenes is 1. The van der Waals surface area contributed by atoms with E-state index in [1.54, 1.807) is 12.1 Å². The van der Waals surface area contributed by atoms with Crippen molar-refractivity contribution in [1.82, 2.24) is 40.3 Å². The highest BCUT2D eigenvalue weighted by molar-refractivity contribution is 6.06. The zero-order chi connectivity index (χ0) is 51.9. The number of aromatic hydroxyl groups is 1. The number of amides is 3. The molecule has 3 amide bonds. The van der Waals surface area contributed by atoms with Crippen LogP contribution in [-0.2, 0) is 20.9 Å². The molecule has 6 saturated heterocycles. The average molecular weight is 1030 g/mol. The molecule has 5 atom stereocenters. The number of likely N-dealkylation sites (tertiary alicyclic amines) is 2. The van der Waals surface area contributed by atoms with Crippen LogP contribution in [0.3, 0.4) is 0 Å². The number of piperazine rings is 1. The number of piperidine rings is 3. The number of ether oxygens (including phenoxy) is 2. The van der Waals surface area contributed by atoms with Crippen LogP contribution < -0.4 is 25.2 Å². The standard InChI is InChI=1S/C55H58F4N10O6/c1-3-37-42(56)8-4-30-20-34(70)22-39(46(30)37)49-48(58)50-40(23-60-49)51(68-24-31-5-6-32(25-68)61-31)64-54(63-50)74-28-33-21-36(26-65(33)2)75-35-12-16-66(17-13-35)29-55(59)14-18-67(19-15-55)43-9-7-38-41(47(43)57)27-69(53(38)73)44-10-11-45(71)62-52(44)72/h1,4,7-9,20,22-23,31-33,35-36,44,61,70H,5-6,10-19,21,24-29H2,2H3,(H,62,71,72)/t31?,32?,33-,36+,44?/m0/s1. The van der Waals surface area contributed by atoms with Crippen LogP contribution in [-0.4, -0.2) is 161 Å². The number of nitrogens with one attached hydrogen (secondary N) is 2. The minimum Gasteiger partial charge on any atom is -0.508 e. The number of aromatic nitrogens is 3. The molecule has 5 aromatic rings. The van der Waals surface area contributed by atoms with Gasteiger partial charge in [0.15, 0.2) is 11.6 Å². The third kappa shape index (κ3) is 9.25. The Labute approximate surface area is 430 Å². The van der Waals surface area contributed by atoms with Crippen LogP contribution in [0, 0.1) is 29.8 Å². The Morgan fingerprint density at radius 1 is 0.893 bits per heavy atom. The van der Waals surface area contributed by atoms with E-state index in [2.05, 4.69) is 41.2 Å². The predicted octanol–water partition coefficient (Wildman–Crippen LogP) is 5.59. The summed E-state index contributed by atoms with van der Waals surface area (Å²) in [6.07, 6.45) is 12.2. The van der Waals surface area contributed by atoms with Crippen LogP contribution in [0.15, 0.2) is 42.6 Å². The topological polar surface area (TPSA) is 169 Å². The molecule has 0 spiro atoms. The van der Waals surface area contributed by atoms with Crippen molar-refractivity contribution in [2.45, 2.75) is 106 Å². The molecule has 16 nitrogen and oxygen atoms in total. The van der Waals surface area contributed by atoms with Gasteiger partial charge in [0.2, 0.25) is 11.8 Å². The number of likely N-dealkylation sites (N-methyl/N-ethyl adjacent to an activating group) is 1. The number of anilines is 2. The Bertz CT molecular complexity index is 3170. The summed E-state index contributed by atoms with van der Waals surface area (Å²) in [6.45, 7) is 4.40. The number of nitrogens with zero attached hydrogens (tertiary/aromatic N) is 8. The number of halogens is 4. The minimum atomic E-state index is -1.45. The SMILES string of the molecule is C#Cc1c(F)ccc2cc(O)cc(-c3ncc4c(N5CC6CCC(C5)N6)nc(OC[C@@H]5C[C@@H](OC6CCN(CC7(F)CCN(c8ccc9c(c8F)CN(C8CCC(=O)NC8=O)C9=O)CC7)CC6)CN5C)nc4c3F)c12. The van der Waals surface area contributed by atoms with Crippen molar-refractivity contribution in [1.29, 1.82) is 0 Å². The van der Waals surface area contributed by atoms with Crippen molar-refractivity contribution in [2.75, 3.05) is 75.8 Å². The minimum absolute atomic E-state index is 0.000596. The summed E-state index contributed by atoms with van der Waals surface area (Å²) in [5, 5.41) is 17.7. The van der Waals surface area contributed by atoms with Gasteiger partial charge in [-0.1, -0.05) is 12.0 Å². The van der Waals surface area contributed by atoms with Crippen LogP contribution in [0.5, 0.6) is 11.8 Å². The van der Waals surface area contributed by atoms with Crippen molar-refractivity contribution in [3.8, 4) is 35.4 Å². The first-order valence-electron chi connectivity index (χ1n) is 26.1. The third-order valence-electron chi connectivity index (χ3n) is 16.7. The fourth-order valence-corrected chi connectivity index (χ4v) is 12.7. The number of imide groups is 1. The molecule has 6 fully saturated rings. The van der Waals surface area contributed by atoms with E-state index < -0.39 is 46.9 Å². The number of carbonyl (C=O) groups excluding carboxylic acids is 3. The van der Waals surface area contributed by atoms with E-state index in [-0.39, 0.29) is 126 Å². The van der Waals surface area contributed by atoms with Gasteiger partial charge in [-0.05, 0) is 81.3 Å². The highest BCUT2D eigenvalue weighted by Gasteiger charge is 2.43. The lowest BCUT2D eigenvalue weighted by Crippen LogP contribution is -2.52. The third-order valence-corrected chi connectivity index (χ3v) is 16.7. The van der Waals surface area contributed by atoms with Crippen molar-refractivity contribution in [3.63, 3.8) is 0 Å². The van der Waals surface area contributed by atoms with Crippen molar-refractivity contribution >= 4 is 50.9 Å². The number of phenolic OH excluding ortho intramolecular Hbond substituents is 1. The summed E-state index contributed by atoms with van der Waals surface area (Å²) in [7, 11) is 2.01. The first-order valence-corrected chi connectivity index (χ1v) is 26.1. The molecule has 0 radical (unpaired) electrons. The quantitative estimate of drug-likeness (QED) is 0.0851. The maximum Gasteiger partial charge on any atom is 0.319 e. The predicted molar refractivity (Wildman–Crippen MR) is 271 cm³/mol. The molecule has 2 bridgehead atoms. The molecular weight excluding hydrogens is 973 g/mol. The van der Waals surface area contributed by atoms with Gasteiger partial charge < -0.3 is 34.6 Å². The molecule has 9 heterocycles. The number of carbonyl (C=O) groups is 3. The molecule has 392 valence electrons. The fourth-order valence-electron chi connectivity index (χ4n) is 12.7. The van der Waals surface area contributed by atoms with E-state index in [1.165, 1.54) is 35.4 Å². The lowest BCUT2D eigenvalue weighted by molar-refractivity contribution is -0.136. The summed E-state index contributed by atoms with van der Waals surface area (Å²) in [5.74, 6) is -0.625. The summed E-state index contributed by atoms with van der Waals surface area (Å²) >= 11 is 0. The van der Waals surface area contributed by atoms with Crippen molar-refractivity contribution < 1.29 is 46.5 Å². The second-order valence-electron chi connectivity index (χ2n) is 21.6. The second-order valence-corrected chi connectivity index (χ2v) is 21.6. The Morgan fingerprint density at radius 3 is 2.41 bits per heavy atom. The molecule has 7 aliphatic rings. The van der Waals surface area contributed by atoms with Crippen LogP contribution in [0.25, 0.3) is 32.9 Å². The van der Waals surface area contributed by atoms with Gasteiger partial charge in [0.05, 0.1) is 35.4 Å². The number of rotatable bonds is 11. The van der Waals surface area contributed by atoms with E-state index in [0.29, 0.717) is 74.5 Å². The lowest BCUT2D eigenvalue weighted by Gasteiger charge is -2.42. The highest BCUT2D eigenvalue weighted by atomic mass is 19.1. The van der Waals surface area contributed by atoms with Crippen molar-refractivity contribution in [2.24, 2.45) is 0 Å². The summed E-state index contributed by atoms with van der Waals surface area (Å²) in [5.41, 5.74) is -0.827. The fraction of sp³-hybridized carbons (Fsp3) is 0.491. The molecule has 0 saturated carbocycles. The van der Waals surface area contributed by atoms with Crippen LogP contribution >= 0.6 is 0 Å². The number of alkyl halides is 1. The highest BCUT2D eigenvalue weighted by Crippen LogP contribution is 2.41. The van der Waals surface area contributed by atoms with Gasteiger partial charge in [0.25, 0.3) is 5.91 Å². The Kier molecular flexibility index (Phi) is 12.8. The van der Waals surface area contributed by atoms with E-state index >= 15 is 17.6 Å². The van der Waals surface area contributed by atoms with Gasteiger partial charge >= 0.3 is 6.01 Å². The van der Waals surface area contributed by atoms with Gasteiger partial charge in [-0.3, -0.25) is 34.5 Å². The van der Waals surface area contributed by atoms with E-state index in [4.69, 9.17) is 20.9 Å². The molecule has 0 aliphatic carbocycles. The molecular formula is C55H58F4N10O6. The van der Waals surface area contributed by atoms with Crippen LogP contribution in [0.2, 0.25) is 0 Å². The molecule has 3 unspecified atom stereocenters. The van der Waals surface area contributed by atoms with E-state index in [0.717, 1.165) is 25.7 Å². The summed E-state index contributed by atoms with van der Waals surface area (Å²) < 4.78 is 77.8. The molecule has 3 aromatic carbocycles. The number of benzene rings is 3. The number of hydrogen-bond donors (Lipinski definition) is 3. The second kappa shape index (κ2) is 19.5. The molecule has 12 rings (SSSR count). The number of hydrogen-bond acceptors (Lipinski definition) is 14. The van der Waals surface area contributed by atoms with Crippen molar-refractivity contribution in [3.05, 3.63) is 76.7 Å². The van der Waals surface area contributed by atoms with Gasteiger partial charge in [-0.2, -0.15) is 9.97 Å². The van der Waals surface area contributed by atoms with Gasteiger partial charge in [-0.15, -0.1) is 6.42 Å². The van der Waals surface area contributed by atoms with Crippen LogP contribution in [0.4, 0.5) is 29.1 Å². The van der Waals surface area contributed by atoms with E-state index in [1.807, 2.05) is 11.9 Å². The monoisotopic (exact) mass is 1030 g/mol. The number of phenols is 1. The Hall–Kier alpha value is -6.66. The Balaban J connectivity index is 0.667. The zero-order valence-electron chi connectivity index (χ0n) is 41.6. The van der Waals surface area contributed by atoms with E-state index in [9.17, 15) is 19.5 Å². The zero-order valence-corrected chi connectivity index (χ0v) is 41.6. The molecule has 7 aliphatic heterocycles. The largest absolute Gasteiger partial charge is 0.508 e. The molecule has 3 N–H and O–H groups in total. The van der Waals surface area contributed by atoms with Crippen LogP contribution in [0.1, 0.15) is 79.3 Å². The number of pyridine rings is 1. The first kappa shape index (κ1) is 49.2. The average Bonchev–Trinajstić information content (AvgIpc) is 4.05. The maximum absolute atomic E-state index is 17.1. The molecule has 75 heavy (non-hydrogen) atoms. The normalized spacial score (nSPS) is 25.4. The summed E-state index contributed by atoms with van der Waals surface area (Å²) in [4.78, 5) is 61.1. The Morgan fingerprint density at radius 2 is 1.67 bits per heavy atom.